The lowest BCUT2D eigenvalue weighted by atomic mass is 9.99. The maximum Gasteiger partial charge on any atom is 0.258 e. The zero-order chi connectivity index (χ0) is 14.2. The predicted molar refractivity (Wildman–Crippen MR) is 79.8 cm³/mol. The Kier molecular flexibility index (Phi) is 2.93. The van der Waals surface area contributed by atoms with Gasteiger partial charge in [-0.3, -0.25) is 4.98 Å². The molecular weight excluding hydrogens is 264 g/mol. The molecule has 106 valence electrons. The van der Waals surface area contributed by atoms with E-state index in [9.17, 15) is 0 Å². The summed E-state index contributed by atoms with van der Waals surface area (Å²) in [5.74, 6) is 2.00. The number of rotatable bonds is 3. The Morgan fingerprint density at radius 1 is 1.33 bits per heavy atom. The van der Waals surface area contributed by atoms with Crippen molar-refractivity contribution in [2.45, 2.75) is 13.3 Å². The largest absolute Gasteiger partial charge is 0.334 e. The van der Waals surface area contributed by atoms with Crippen molar-refractivity contribution in [3.05, 3.63) is 42.0 Å². The highest BCUT2D eigenvalue weighted by Gasteiger charge is 2.20. The van der Waals surface area contributed by atoms with E-state index in [0.717, 1.165) is 41.7 Å². The fourth-order valence-corrected chi connectivity index (χ4v) is 2.72. The first-order valence-electron chi connectivity index (χ1n) is 7.17. The van der Waals surface area contributed by atoms with Gasteiger partial charge in [0.15, 0.2) is 5.82 Å². The summed E-state index contributed by atoms with van der Waals surface area (Å²) in [5.41, 5.74) is 2.13. The second-order valence-corrected chi connectivity index (χ2v) is 5.65. The summed E-state index contributed by atoms with van der Waals surface area (Å²) in [4.78, 5) is 8.77. The first kappa shape index (κ1) is 12.5. The molecule has 5 heteroatoms. The monoisotopic (exact) mass is 280 g/mol. The lowest BCUT2D eigenvalue weighted by Gasteiger charge is -2.25. The molecule has 0 aliphatic carbocycles. The average Bonchev–Trinajstić information content (AvgIpc) is 2.90. The van der Waals surface area contributed by atoms with Crippen molar-refractivity contribution in [3.63, 3.8) is 0 Å². The van der Waals surface area contributed by atoms with E-state index in [2.05, 4.69) is 39.5 Å². The third-order valence-electron chi connectivity index (χ3n) is 3.94. The standard InChI is InChI=1S/C16H16N4O/c1-10-4-12-2-3-17-9-14(12)13(5-10)16-19-15(20-21-16)6-11-7-18-8-11/h2-5,9,11,18H,6-8H2,1H3. The zero-order valence-corrected chi connectivity index (χ0v) is 11.8. The van der Waals surface area contributed by atoms with Crippen molar-refractivity contribution < 1.29 is 4.52 Å². The molecule has 4 rings (SSSR count). The summed E-state index contributed by atoms with van der Waals surface area (Å²) in [5, 5.41) is 9.56. The van der Waals surface area contributed by atoms with E-state index >= 15 is 0 Å². The predicted octanol–water partition coefficient (Wildman–Crippen LogP) is 2.36. The number of aryl methyl sites for hydroxylation is 1. The Labute approximate surface area is 122 Å². The lowest BCUT2D eigenvalue weighted by molar-refractivity contribution is 0.333. The average molecular weight is 280 g/mol. The van der Waals surface area contributed by atoms with Crippen LogP contribution in [0.15, 0.2) is 35.1 Å². The molecule has 3 aromatic rings. The zero-order valence-electron chi connectivity index (χ0n) is 11.8. The number of hydrogen-bond donors (Lipinski definition) is 1. The van der Waals surface area contributed by atoms with E-state index in [1.165, 1.54) is 5.56 Å². The molecule has 0 amide bonds. The Morgan fingerprint density at radius 2 is 2.24 bits per heavy atom. The maximum atomic E-state index is 5.47. The fourth-order valence-electron chi connectivity index (χ4n) is 2.72. The fraction of sp³-hybridized carbons (Fsp3) is 0.312. The lowest BCUT2D eigenvalue weighted by Crippen LogP contribution is -2.43. The minimum atomic E-state index is 0.582. The van der Waals surface area contributed by atoms with Crippen LogP contribution in [0.5, 0.6) is 0 Å². The number of aromatic nitrogens is 3. The van der Waals surface area contributed by atoms with Gasteiger partial charge in [-0.25, -0.2) is 0 Å². The number of nitrogens with zero attached hydrogens (tertiary/aromatic N) is 3. The highest BCUT2D eigenvalue weighted by molar-refractivity contribution is 5.94. The van der Waals surface area contributed by atoms with E-state index in [4.69, 9.17) is 4.52 Å². The summed E-state index contributed by atoms with van der Waals surface area (Å²) in [6.45, 7) is 4.16. The Balaban J connectivity index is 1.75. The molecule has 2 aromatic heterocycles. The molecule has 0 saturated carbocycles. The van der Waals surface area contributed by atoms with Crippen LogP contribution in [0.3, 0.4) is 0 Å². The molecule has 0 atom stereocenters. The minimum Gasteiger partial charge on any atom is -0.334 e. The second-order valence-electron chi connectivity index (χ2n) is 5.65. The molecule has 21 heavy (non-hydrogen) atoms. The van der Waals surface area contributed by atoms with Crippen molar-refractivity contribution in [2.75, 3.05) is 13.1 Å². The van der Waals surface area contributed by atoms with Crippen molar-refractivity contribution in [1.29, 1.82) is 0 Å². The Morgan fingerprint density at radius 3 is 3.05 bits per heavy atom. The highest BCUT2D eigenvalue weighted by Crippen LogP contribution is 2.28. The molecule has 1 saturated heterocycles. The normalized spacial score (nSPS) is 15.3. The van der Waals surface area contributed by atoms with Gasteiger partial charge in [0.05, 0.1) is 0 Å². The summed E-state index contributed by atoms with van der Waals surface area (Å²) in [6.07, 6.45) is 4.52. The van der Waals surface area contributed by atoms with Crippen LogP contribution in [-0.2, 0) is 6.42 Å². The van der Waals surface area contributed by atoms with Crippen molar-refractivity contribution in [1.82, 2.24) is 20.4 Å². The van der Waals surface area contributed by atoms with Gasteiger partial charge in [0.1, 0.15) is 0 Å². The van der Waals surface area contributed by atoms with Gasteiger partial charge in [0, 0.05) is 29.8 Å². The highest BCUT2D eigenvalue weighted by atomic mass is 16.5. The quantitative estimate of drug-likeness (QED) is 0.798. The molecular formula is C16H16N4O. The molecule has 0 radical (unpaired) electrons. The first-order valence-corrected chi connectivity index (χ1v) is 7.17. The SMILES string of the molecule is Cc1cc(-c2nc(CC3CNC3)no2)c2cnccc2c1. The van der Waals surface area contributed by atoms with Gasteiger partial charge in [-0.1, -0.05) is 11.2 Å². The number of fused-ring (bicyclic) bond motifs is 1. The molecule has 0 unspecified atom stereocenters. The number of hydrogen-bond acceptors (Lipinski definition) is 5. The first-order chi connectivity index (χ1) is 10.3. The molecule has 0 bridgehead atoms. The molecule has 0 spiro atoms. The van der Waals surface area contributed by atoms with Crippen molar-refractivity contribution >= 4 is 10.8 Å². The Hall–Kier alpha value is -2.27. The van der Waals surface area contributed by atoms with Crippen LogP contribution in [0.1, 0.15) is 11.4 Å². The van der Waals surface area contributed by atoms with E-state index in [1.807, 2.05) is 12.3 Å². The second kappa shape index (κ2) is 4.93. The van der Waals surface area contributed by atoms with Gasteiger partial charge in [-0.05, 0) is 49.0 Å². The van der Waals surface area contributed by atoms with Gasteiger partial charge in [0.25, 0.3) is 5.89 Å². The van der Waals surface area contributed by atoms with Crippen LogP contribution in [0.25, 0.3) is 22.2 Å². The van der Waals surface area contributed by atoms with Gasteiger partial charge in [-0.2, -0.15) is 4.98 Å². The summed E-state index contributed by atoms with van der Waals surface area (Å²) in [7, 11) is 0. The van der Waals surface area contributed by atoms with Crippen LogP contribution >= 0.6 is 0 Å². The van der Waals surface area contributed by atoms with Gasteiger partial charge < -0.3 is 9.84 Å². The van der Waals surface area contributed by atoms with Crippen LogP contribution in [0, 0.1) is 12.8 Å². The van der Waals surface area contributed by atoms with Crippen LogP contribution in [-0.4, -0.2) is 28.2 Å². The third kappa shape index (κ3) is 2.29. The topological polar surface area (TPSA) is 63.8 Å². The summed E-state index contributed by atoms with van der Waals surface area (Å²) >= 11 is 0. The van der Waals surface area contributed by atoms with Gasteiger partial charge in [0.2, 0.25) is 0 Å². The molecule has 1 N–H and O–H groups in total. The molecule has 5 nitrogen and oxygen atoms in total. The van der Waals surface area contributed by atoms with E-state index < -0.39 is 0 Å². The van der Waals surface area contributed by atoms with E-state index in [-0.39, 0.29) is 0 Å². The molecule has 1 aromatic carbocycles. The van der Waals surface area contributed by atoms with Crippen LogP contribution < -0.4 is 5.32 Å². The van der Waals surface area contributed by atoms with Crippen LogP contribution in [0.2, 0.25) is 0 Å². The number of pyridine rings is 1. The minimum absolute atomic E-state index is 0.582. The molecule has 1 aliphatic heterocycles. The van der Waals surface area contributed by atoms with Crippen molar-refractivity contribution in [2.24, 2.45) is 5.92 Å². The molecule has 3 heterocycles. The van der Waals surface area contributed by atoms with Crippen molar-refractivity contribution in [3.8, 4) is 11.5 Å². The summed E-state index contributed by atoms with van der Waals surface area (Å²) in [6, 6.07) is 6.22. The van der Waals surface area contributed by atoms with Gasteiger partial charge >= 0.3 is 0 Å². The van der Waals surface area contributed by atoms with Gasteiger partial charge in [-0.15, -0.1) is 0 Å². The Bertz CT molecular complexity index is 792. The third-order valence-corrected chi connectivity index (χ3v) is 3.94. The number of benzene rings is 1. The smallest absolute Gasteiger partial charge is 0.258 e. The maximum absolute atomic E-state index is 5.47. The number of nitrogens with one attached hydrogen (secondary N) is 1. The van der Waals surface area contributed by atoms with Crippen LogP contribution in [0.4, 0.5) is 0 Å². The molecule has 1 aliphatic rings. The molecule has 1 fully saturated rings. The summed E-state index contributed by atoms with van der Waals surface area (Å²) < 4.78 is 5.47. The van der Waals surface area contributed by atoms with E-state index in [0.29, 0.717) is 11.8 Å². The van der Waals surface area contributed by atoms with E-state index in [1.54, 1.807) is 6.20 Å².